The van der Waals surface area contributed by atoms with Crippen LogP contribution >= 0.6 is 11.6 Å². The van der Waals surface area contributed by atoms with Crippen molar-refractivity contribution in [3.05, 3.63) is 69.5 Å². The molecule has 0 aliphatic heterocycles. The van der Waals surface area contributed by atoms with Gasteiger partial charge in [0.15, 0.2) is 11.0 Å². The maximum atomic E-state index is 13.3. The molecule has 9 heteroatoms. The number of allylic oxidation sites excluding steroid dienone is 1. The molecule has 0 bridgehead atoms. The number of ether oxygens (including phenoxy) is 1. The Bertz CT molecular complexity index is 1240. The molecular weight excluding hydrogens is 437 g/mol. The van der Waals surface area contributed by atoms with Crippen LogP contribution in [0.15, 0.2) is 57.9 Å². The Hall–Kier alpha value is -3.13. The van der Waals surface area contributed by atoms with Gasteiger partial charge in [0.05, 0.1) is 21.9 Å². The van der Waals surface area contributed by atoms with Crippen LogP contribution in [0.5, 0.6) is 11.5 Å². The van der Waals surface area contributed by atoms with E-state index in [0.717, 1.165) is 24.3 Å². The van der Waals surface area contributed by atoms with E-state index in [1.54, 1.807) is 0 Å². The molecule has 1 fully saturated rings. The standard InChI is InChI=1S/C22H16ClF3O5/c1-10(27)11-6-13(7-11)30-18-8-12(22(24,25)26)2-3-14(18)19-9-17(29)20-16(28)5-4-15(23)21(20)31-19/h2-5,8-9,11,13,27-28H,1,6-7H2/t11-,13+. The number of hydrogen-bond acceptors (Lipinski definition) is 5. The fourth-order valence-electron chi connectivity index (χ4n) is 3.46. The van der Waals surface area contributed by atoms with E-state index in [2.05, 4.69) is 6.58 Å². The monoisotopic (exact) mass is 452 g/mol. The van der Waals surface area contributed by atoms with E-state index in [0.29, 0.717) is 12.8 Å². The predicted octanol–water partition coefficient (Wildman–Crippen LogP) is 6.07. The topological polar surface area (TPSA) is 79.9 Å². The van der Waals surface area contributed by atoms with E-state index in [1.165, 1.54) is 12.1 Å². The summed E-state index contributed by atoms with van der Waals surface area (Å²) in [5, 5.41) is 19.3. The third-order valence-corrected chi connectivity index (χ3v) is 5.54. The first kappa shape index (κ1) is 21.1. The minimum absolute atomic E-state index is 0.000842. The van der Waals surface area contributed by atoms with Crippen LogP contribution in [0.1, 0.15) is 18.4 Å². The van der Waals surface area contributed by atoms with Gasteiger partial charge in [-0.15, -0.1) is 0 Å². The molecule has 3 aromatic rings. The van der Waals surface area contributed by atoms with Gasteiger partial charge in [-0.2, -0.15) is 13.2 Å². The smallest absolute Gasteiger partial charge is 0.416 e. The molecule has 0 amide bonds. The summed E-state index contributed by atoms with van der Waals surface area (Å²) in [7, 11) is 0. The van der Waals surface area contributed by atoms with Crippen molar-refractivity contribution in [1.82, 2.24) is 0 Å². The van der Waals surface area contributed by atoms with Gasteiger partial charge in [-0.1, -0.05) is 18.2 Å². The number of aromatic hydroxyl groups is 1. The van der Waals surface area contributed by atoms with E-state index in [1.807, 2.05) is 0 Å². The summed E-state index contributed by atoms with van der Waals surface area (Å²) >= 11 is 6.09. The Balaban J connectivity index is 1.81. The number of phenols is 1. The van der Waals surface area contributed by atoms with Crippen molar-refractivity contribution in [2.45, 2.75) is 25.1 Å². The molecule has 0 spiro atoms. The van der Waals surface area contributed by atoms with Gasteiger partial charge in [0.2, 0.25) is 0 Å². The van der Waals surface area contributed by atoms with Crippen molar-refractivity contribution < 1.29 is 32.5 Å². The Morgan fingerprint density at radius 3 is 2.55 bits per heavy atom. The lowest BCUT2D eigenvalue weighted by atomic mass is 9.81. The summed E-state index contributed by atoms with van der Waals surface area (Å²) in [4.78, 5) is 12.6. The fraction of sp³-hybridized carbons (Fsp3) is 0.227. The van der Waals surface area contributed by atoms with Gasteiger partial charge in [-0.25, -0.2) is 0 Å². The highest BCUT2D eigenvalue weighted by molar-refractivity contribution is 6.35. The fourth-order valence-corrected chi connectivity index (χ4v) is 3.66. The maximum Gasteiger partial charge on any atom is 0.416 e. The van der Waals surface area contributed by atoms with E-state index in [-0.39, 0.29) is 50.5 Å². The quantitative estimate of drug-likeness (QED) is 0.470. The molecule has 5 nitrogen and oxygen atoms in total. The average Bonchev–Trinajstić information content (AvgIpc) is 2.65. The number of aliphatic hydroxyl groups excluding tert-OH is 1. The molecule has 0 saturated heterocycles. The van der Waals surface area contributed by atoms with Crippen LogP contribution in [0.2, 0.25) is 5.02 Å². The Morgan fingerprint density at radius 2 is 1.90 bits per heavy atom. The lowest BCUT2D eigenvalue weighted by Crippen LogP contribution is -2.34. The van der Waals surface area contributed by atoms with Gasteiger partial charge in [0.25, 0.3) is 0 Å². The van der Waals surface area contributed by atoms with Crippen LogP contribution in [-0.4, -0.2) is 16.3 Å². The molecule has 0 unspecified atom stereocenters. The van der Waals surface area contributed by atoms with Gasteiger partial charge in [0.1, 0.15) is 28.7 Å². The molecule has 1 aromatic heterocycles. The molecular formula is C22H16ClF3O5. The zero-order valence-corrected chi connectivity index (χ0v) is 16.6. The Labute approximate surface area is 178 Å². The van der Waals surface area contributed by atoms with Crippen LogP contribution < -0.4 is 10.2 Å². The molecule has 0 radical (unpaired) electrons. The first-order valence-corrected chi connectivity index (χ1v) is 9.63. The second kappa shape index (κ2) is 7.53. The minimum atomic E-state index is -4.60. The number of phenolic OH excluding ortho intramolecular Hbond substituents is 1. The van der Waals surface area contributed by atoms with Crippen molar-refractivity contribution in [3.63, 3.8) is 0 Å². The number of hydrogen-bond donors (Lipinski definition) is 2. The number of halogens is 4. The lowest BCUT2D eigenvalue weighted by molar-refractivity contribution is -0.137. The summed E-state index contributed by atoms with van der Waals surface area (Å²) in [6.45, 7) is 3.45. The minimum Gasteiger partial charge on any atom is -0.513 e. The number of rotatable bonds is 4. The molecule has 0 atom stereocenters. The highest BCUT2D eigenvalue weighted by Crippen LogP contribution is 2.42. The average molecular weight is 453 g/mol. The largest absolute Gasteiger partial charge is 0.513 e. The number of alkyl halides is 3. The zero-order chi connectivity index (χ0) is 22.5. The number of benzene rings is 2. The first-order chi connectivity index (χ1) is 14.5. The number of fused-ring (bicyclic) bond motifs is 1. The summed E-state index contributed by atoms with van der Waals surface area (Å²) in [6, 6.07) is 6.50. The van der Waals surface area contributed by atoms with Crippen molar-refractivity contribution >= 4 is 22.6 Å². The van der Waals surface area contributed by atoms with Crippen LogP contribution in [0, 0.1) is 5.92 Å². The third-order valence-electron chi connectivity index (χ3n) is 5.24. The predicted molar refractivity (Wildman–Crippen MR) is 109 cm³/mol. The normalized spacial score (nSPS) is 18.6. The molecule has 1 aliphatic carbocycles. The highest BCUT2D eigenvalue weighted by Gasteiger charge is 2.35. The molecule has 1 saturated carbocycles. The first-order valence-electron chi connectivity index (χ1n) is 9.26. The van der Waals surface area contributed by atoms with Crippen molar-refractivity contribution in [2.75, 3.05) is 0 Å². The molecule has 31 heavy (non-hydrogen) atoms. The molecule has 2 aromatic carbocycles. The van der Waals surface area contributed by atoms with Crippen LogP contribution in [0.3, 0.4) is 0 Å². The molecule has 1 aliphatic rings. The van der Waals surface area contributed by atoms with E-state index >= 15 is 0 Å². The molecule has 162 valence electrons. The van der Waals surface area contributed by atoms with Gasteiger partial charge >= 0.3 is 6.18 Å². The van der Waals surface area contributed by atoms with E-state index in [9.17, 15) is 28.2 Å². The summed E-state index contributed by atoms with van der Waals surface area (Å²) in [5.74, 6) is -0.691. The summed E-state index contributed by atoms with van der Waals surface area (Å²) in [5.41, 5.74) is -1.50. The zero-order valence-electron chi connectivity index (χ0n) is 15.9. The SMILES string of the molecule is C=C(O)[C@H]1C[C@@H](Oc2cc(C(F)(F)F)ccc2-c2cc(=O)c3c(O)ccc(Cl)c3o2)C1. The van der Waals surface area contributed by atoms with Crippen molar-refractivity contribution in [2.24, 2.45) is 5.92 Å². The second-order valence-electron chi connectivity index (χ2n) is 7.35. The van der Waals surface area contributed by atoms with Crippen LogP contribution in [-0.2, 0) is 6.18 Å². The molecule has 4 rings (SSSR count). The van der Waals surface area contributed by atoms with Gasteiger partial charge < -0.3 is 19.4 Å². The number of aliphatic hydroxyl groups is 1. The lowest BCUT2D eigenvalue weighted by Gasteiger charge is -2.35. The van der Waals surface area contributed by atoms with Crippen LogP contribution in [0.25, 0.3) is 22.3 Å². The van der Waals surface area contributed by atoms with E-state index < -0.39 is 23.3 Å². The maximum absolute atomic E-state index is 13.3. The molecule has 1 heterocycles. The van der Waals surface area contributed by atoms with Gasteiger partial charge in [0, 0.05) is 12.0 Å². The second-order valence-corrected chi connectivity index (χ2v) is 7.76. The van der Waals surface area contributed by atoms with Gasteiger partial charge in [-0.3, -0.25) is 4.79 Å². The molecule has 2 N–H and O–H groups in total. The van der Waals surface area contributed by atoms with Gasteiger partial charge in [-0.05, 0) is 43.2 Å². The summed E-state index contributed by atoms with van der Waals surface area (Å²) < 4.78 is 51.2. The van der Waals surface area contributed by atoms with Crippen molar-refractivity contribution in [3.8, 4) is 22.8 Å². The summed E-state index contributed by atoms with van der Waals surface area (Å²) in [6.07, 6.45) is -4.24. The van der Waals surface area contributed by atoms with Crippen molar-refractivity contribution in [1.29, 1.82) is 0 Å². The Morgan fingerprint density at radius 1 is 1.19 bits per heavy atom. The van der Waals surface area contributed by atoms with Crippen LogP contribution in [0.4, 0.5) is 13.2 Å². The highest BCUT2D eigenvalue weighted by atomic mass is 35.5. The van der Waals surface area contributed by atoms with E-state index in [4.69, 9.17) is 20.8 Å². The Kier molecular flexibility index (Phi) is 5.13. The third kappa shape index (κ3) is 3.95.